The van der Waals surface area contributed by atoms with Gasteiger partial charge in [-0.05, 0) is 47.7 Å². The highest BCUT2D eigenvalue weighted by molar-refractivity contribution is 9.10. The van der Waals surface area contributed by atoms with E-state index in [-0.39, 0.29) is 12.5 Å². The second-order valence-corrected chi connectivity index (χ2v) is 6.73. The quantitative estimate of drug-likeness (QED) is 0.588. The average molecular weight is 389 g/mol. The van der Waals surface area contributed by atoms with Gasteiger partial charge in [0.05, 0.1) is 6.21 Å². The normalized spacial score (nSPS) is 11.0. The minimum atomic E-state index is -0.299. The number of nitrogens with zero attached hydrogens (tertiary/aromatic N) is 1. The molecule has 0 spiro atoms. The highest BCUT2D eigenvalue weighted by atomic mass is 79.9. The number of carbonyl (C=O) groups is 1. The van der Waals surface area contributed by atoms with Gasteiger partial charge >= 0.3 is 0 Å². The van der Waals surface area contributed by atoms with Crippen LogP contribution in [-0.2, 0) is 4.79 Å². The van der Waals surface area contributed by atoms with E-state index in [0.717, 1.165) is 15.6 Å². The van der Waals surface area contributed by atoms with E-state index in [0.29, 0.717) is 11.7 Å². The fourth-order valence-electron chi connectivity index (χ4n) is 2.10. The Balaban J connectivity index is 1.82. The monoisotopic (exact) mass is 388 g/mol. The molecule has 4 nitrogen and oxygen atoms in total. The molecule has 2 aromatic rings. The summed E-state index contributed by atoms with van der Waals surface area (Å²) < 4.78 is 6.47. The van der Waals surface area contributed by atoms with Crippen LogP contribution in [0.3, 0.4) is 0 Å². The first-order valence-electron chi connectivity index (χ1n) is 7.76. The van der Waals surface area contributed by atoms with E-state index in [9.17, 15) is 4.79 Å². The van der Waals surface area contributed by atoms with Crippen molar-refractivity contribution in [3.63, 3.8) is 0 Å². The lowest BCUT2D eigenvalue weighted by Gasteiger charge is -2.08. The van der Waals surface area contributed by atoms with Gasteiger partial charge in [0, 0.05) is 4.47 Å². The van der Waals surface area contributed by atoms with Gasteiger partial charge in [-0.3, -0.25) is 4.79 Å². The number of aryl methyl sites for hydroxylation is 1. The fraction of sp³-hybridized carbons (Fsp3) is 0.263. The second-order valence-electron chi connectivity index (χ2n) is 5.81. The van der Waals surface area contributed by atoms with E-state index in [2.05, 4.69) is 52.4 Å². The van der Waals surface area contributed by atoms with Gasteiger partial charge in [0.2, 0.25) is 0 Å². The Labute approximate surface area is 151 Å². The summed E-state index contributed by atoms with van der Waals surface area (Å²) >= 11 is 3.39. The molecule has 0 radical (unpaired) electrons. The molecular formula is C19H21BrN2O2. The van der Waals surface area contributed by atoms with Crippen LogP contribution in [0.1, 0.15) is 36.5 Å². The molecule has 1 N–H and O–H groups in total. The van der Waals surface area contributed by atoms with Crippen molar-refractivity contribution in [3.8, 4) is 5.75 Å². The molecule has 126 valence electrons. The van der Waals surface area contributed by atoms with Gasteiger partial charge < -0.3 is 4.74 Å². The minimum Gasteiger partial charge on any atom is -0.483 e. The molecule has 1 amide bonds. The number of hydrogen-bond donors (Lipinski definition) is 1. The van der Waals surface area contributed by atoms with Gasteiger partial charge in [0.1, 0.15) is 5.75 Å². The van der Waals surface area contributed by atoms with Crippen LogP contribution < -0.4 is 10.2 Å². The number of ether oxygens (including phenoxy) is 1. The lowest BCUT2D eigenvalue weighted by atomic mass is 10.0. The summed E-state index contributed by atoms with van der Waals surface area (Å²) in [7, 11) is 0. The Morgan fingerprint density at radius 3 is 2.58 bits per heavy atom. The third kappa shape index (κ3) is 5.49. The molecule has 0 fully saturated rings. The summed E-state index contributed by atoms with van der Waals surface area (Å²) in [6.45, 7) is 6.15. The van der Waals surface area contributed by atoms with Crippen molar-refractivity contribution in [3.05, 3.63) is 63.6 Å². The molecule has 0 atom stereocenters. The average Bonchev–Trinajstić information content (AvgIpc) is 2.54. The first-order valence-corrected chi connectivity index (χ1v) is 8.56. The van der Waals surface area contributed by atoms with Crippen LogP contribution in [0.2, 0.25) is 0 Å². The largest absolute Gasteiger partial charge is 0.483 e. The summed E-state index contributed by atoms with van der Waals surface area (Å²) in [4.78, 5) is 11.8. The highest BCUT2D eigenvalue weighted by Gasteiger charge is 2.04. The van der Waals surface area contributed by atoms with Crippen LogP contribution in [0, 0.1) is 6.92 Å². The van der Waals surface area contributed by atoms with Crippen LogP contribution in [0.25, 0.3) is 0 Å². The van der Waals surface area contributed by atoms with Gasteiger partial charge in [-0.25, -0.2) is 5.43 Å². The van der Waals surface area contributed by atoms with E-state index < -0.39 is 0 Å². The zero-order chi connectivity index (χ0) is 17.5. The van der Waals surface area contributed by atoms with Crippen LogP contribution in [0.5, 0.6) is 5.75 Å². The van der Waals surface area contributed by atoms with Gasteiger partial charge in [0.15, 0.2) is 6.61 Å². The molecule has 0 aliphatic heterocycles. The number of rotatable bonds is 6. The highest BCUT2D eigenvalue weighted by Crippen LogP contribution is 2.21. The topological polar surface area (TPSA) is 50.7 Å². The number of halogens is 1. The van der Waals surface area contributed by atoms with Gasteiger partial charge in [-0.2, -0.15) is 5.10 Å². The van der Waals surface area contributed by atoms with Crippen molar-refractivity contribution < 1.29 is 9.53 Å². The maximum absolute atomic E-state index is 11.8. The standard InChI is InChI=1S/C19H21BrN2O2/c1-13(2)16-6-4-15(5-7-16)11-21-22-19(23)12-24-18-9-8-17(20)10-14(18)3/h4-11,13H,12H2,1-3H3,(H,22,23)/b21-11+. The van der Waals surface area contributed by atoms with Crippen LogP contribution >= 0.6 is 15.9 Å². The number of benzene rings is 2. The van der Waals surface area contributed by atoms with E-state index in [1.54, 1.807) is 6.21 Å². The fourth-order valence-corrected chi connectivity index (χ4v) is 2.57. The second kappa shape index (κ2) is 8.64. The lowest BCUT2D eigenvalue weighted by Crippen LogP contribution is -2.24. The molecule has 0 aliphatic carbocycles. The SMILES string of the molecule is Cc1cc(Br)ccc1OCC(=O)N/N=C/c1ccc(C(C)C)cc1. The summed E-state index contributed by atoms with van der Waals surface area (Å²) in [6, 6.07) is 13.7. The van der Waals surface area contributed by atoms with Gasteiger partial charge in [-0.15, -0.1) is 0 Å². The Morgan fingerprint density at radius 1 is 1.25 bits per heavy atom. The summed E-state index contributed by atoms with van der Waals surface area (Å²) in [5, 5.41) is 3.95. The summed E-state index contributed by atoms with van der Waals surface area (Å²) in [5.74, 6) is 0.879. The van der Waals surface area contributed by atoms with E-state index in [4.69, 9.17) is 4.74 Å². The van der Waals surface area contributed by atoms with Crippen LogP contribution in [0.4, 0.5) is 0 Å². The maximum atomic E-state index is 11.8. The molecule has 0 saturated heterocycles. The summed E-state index contributed by atoms with van der Waals surface area (Å²) in [5.41, 5.74) is 5.64. The maximum Gasteiger partial charge on any atom is 0.277 e. The van der Waals surface area contributed by atoms with Gasteiger partial charge in [-0.1, -0.05) is 54.0 Å². The third-order valence-electron chi connectivity index (χ3n) is 3.50. The number of nitrogens with one attached hydrogen (secondary N) is 1. The Hall–Kier alpha value is -2.14. The van der Waals surface area contributed by atoms with Crippen molar-refractivity contribution >= 4 is 28.1 Å². The van der Waals surface area contributed by atoms with Crippen LogP contribution in [-0.4, -0.2) is 18.7 Å². The van der Waals surface area contributed by atoms with E-state index in [1.165, 1.54) is 5.56 Å². The van der Waals surface area contributed by atoms with Crippen molar-refractivity contribution in [1.82, 2.24) is 5.43 Å². The molecule has 0 saturated carbocycles. The number of hydrogen-bond acceptors (Lipinski definition) is 3. The first kappa shape index (κ1) is 18.2. The molecule has 24 heavy (non-hydrogen) atoms. The zero-order valence-corrected chi connectivity index (χ0v) is 15.6. The van der Waals surface area contributed by atoms with Crippen molar-refractivity contribution in [2.75, 3.05) is 6.61 Å². The number of carbonyl (C=O) groups excluding carboxylic acids is 1. The predicted molar refractivity (Wildman–Crippen MR) is 101 cm³/mol. The Morgan fingerprint density at radius 2 is 1.96 bits per heavy atom. The third-order valence-corrected chi connectivity index (χ3v) is 4.00. The molecule has 0 bridgehead atoms. The molecular weight excluding hydrogens is 368 g/mol. The lowest BCUT2D eigenvalue weighted by molar-refractivity contribution is -0.123. The predicted octanol–water partition coefficient (Wildman–Crippen LogP) is 4.41. The Bertz CT molecular complexity index is 725. The minimum absolute atomic E-state index is 0.0773. The van der Waals surface area contributed by atoms with E-state index in [1.807, 2.05) is 37.3 Å². The van der Waals surface area contributed by atoms with Crippen molar-refractivity contribution in [1.29, 1.82) is 0 Å². The molecule has 2 rings (SSSR count). The molecule has 0 unspecified atom stereocenters. The van der Waals surface area contributed by atoms with Crippen molar-refractivity contribution in [2.45, 2.75) is 26.7 Å². The first-order chi connectivity index (χ1) is 11.5. The number of amides is 1. The molecule has 0 heterocycles. The molecule has 0 aromatic heterocycles. The Kier molecular flexibility index (Phi) is 6.55. The number of hydrazone groups is 1. The molecule has 0 aliphatic rings. The van der Waals surface area contributed by atoms with Crippen molar-refractivity contribution in [2.24, 2.45) is 5.10 Å². The van der Waals surface area contributed by atoms with Crippen LogP contribution in [0.15, 0.2) is 52.0 Å². The van der Waals surface area contributed by atoms with E-state index >= 15 is 0 Å². The molecule has 2 aromatic carbocycles. The van der Waals surface area contributed by atoms with Gasteiger partial charge in [0.25, 0.3) is 5.91 Å². The summed E-state index contributed by atoms with van der Waals surface area (Å²) in [6.07, 6.45) is 1.62. The zero-order valence-electron chi connectivity index (χ0n) is 14.0. The molecule has 5 heteroatoms. The smallest absolute Gasteiger partial charge is 0.277 e.